The van der Waals surface area contributed by atoms with E-state index in [4.69, 9.17) is 4.74 Å². The van der Waals surface area contributed by atoms with Gasteiger partial charge in [0, 0.05) is 18.5 Å². The fourth-order valence-electron chi connectivity index (χ4n) is 3.39. The Morgan fingerprint density at radius 1 is 1.04 bits per heavy atom. The van der Waals surface area contributed by atoms with Crippen LogP contribution in [0.15, 0.2) is 24.3 Å². The van der Waals surface area contributed by atoms with Crippen LogP contribution >= 0.6 is 0 Å². The van der Waals surface area contributed by atoms with Crippen molar-refractivity contribution in [1.82, 2.24) is 4.90 Å². The summed E-state index contributed by atoms with van der Waals surface area (Å²) in [5.41, 5.74) is -0.0586. The number of rotatable bonds is 7. The molecule has 1 aliphatic rings. The summed E-state index contributed by atoms with van der Waals surface area (Å²) in [7, 11) is 0. The highest BCUT2D eigenvalue weighted by atomic mass is 19.4. The topological polar surface area (TPSA) is 12.5 Å². The Morgan fingerprint density at radius 3 is 2.21 bits per heavy atom. The summed E-state index contributed by atoms with van der Waals surface area (Å²) in [6.45, 7) is 6.14. The number of nitrogens with zero attached hydrogens (tertiary/aromatic N) is 1. The molecule has 1 heterocycles. The van der Waals surface area contributed by atoms with Gasteiger partial charge in [-0.3, -0.25) is 4.90 Å². The molecule has 2 unspecified atom stereocenters. The lowest BCUT2D eigenvalue weighted by Gasteiger charge is -2.40. The van der Waals surface area contributed by atoms with E-state index in [2.05, 4.69) is 0 Å². The molecule has 0 amide bonds. The van der Waals surface area contributed by atoms with Crippen molar-refractivity contribution in [1.29, 1.82) is 0 Å². The molecule has 0 spiro atoms. The smallest absolute Gasteiger partial charge is 0.374 e. The predicted molar refractivity (Wildman–Crippen MR) is 94.5 cm³/mol. The van der Waals surface area contributed by atoms with Crippen molar-refractivity contribution in [2.24, 2.45) is 5.92 Å². The van der Waals surface area contributed by atoms with Crippen LogP contribution in [-0.2, 0) is 10.9 Å². The molecule has 8 heteroatoms. The Labute approximate surface area is 161 Å². The van der Waals surface area contributed by atoms with Crippen molar-refractivity contribution in [3.63, 3.8) is 0 Å². The number of hydrogen-bond donors (Lipinski definition) is 0. The Morgan fingerprint density at radius 2 is 1.68 bits per heavy atom. The van der Waals surface area contributed by atoms with Gasteiger partial charge in [-0.05, 0) is 43.0 Å². The highest BCUT2D eigenvalue weighted by Gasteiger charge is 2.36. The molecule has 1 fully saturated rings. The summed E-state index contributed by atoms with van der Waals surface area (Å²) in [6, 6.07) is 4.57. The normalized spacial score (nSPS) is 21.5. The SMILES string of the molecule is CC(C)CCN(CCC(F)(F)F)C1CO[CH]CC1c1ccc(C(F)(F)F)cc1. The summed E-state index contributed by atoms with van der Waals surface area (Å²) < 4.78 is 82.2. The zero-order chi connectivity index (χ0) is 20.9. The third kappa shape index (κ3) is 6.95. The summed E-state index contributed by atoms with van der Waals surface area (Å²) in [5, 5.41) is 0. The van der Waals surface area contributed by atoms with E-state index in [1.807, 2.05) is 13.8 Å². The molecule has 1 aliphatic heterocycles. The fraction of sp³-hybridized carbons (Fsp3) is 0.650. The van der Waals surface area contributed by atoms with Crippen molar-refractivity contribution in [2.45, 2.75) is 57.4 Å². The molecule has 0 saturated carbocycles. The minimum absolute atomic E-state index is 0.151. The molecule has 2 nitrogen and oxygen atoms in total. The third-order valence-corrected chi connectivity index (χ3v) is 5.01. The van der Waals surface area contributed by atoms with E-state index in [9.17, 15) is 26.3 Å². The van der Waals surface area contributed by atoms with Crippen LogP contribution in [0.25, 0.3) is 0 Å². The number of hydrogen-bond acceptors (Lipinski definition) is 2. The van der Waals surface area contributed by atoms with Crippen LogP contribution in [-0.4, -0.2) is 36.8 Å². The van der Waals surface area contributed by atoms with Crippen LogP contribution in [0.1, 0.15) is 50.2 Å². The zero-order valence-corrected chi connectivity index (χ0v) is 16.0. The number of ether oxygens (including phenoxy) is 1. The average Bonchev–Trinajstić information content (AvgIpc) is 2.60. The van der Waals surface area contributed by atoms with Gasteiger partial charge in [-0.2, -0.15) is 26.3 Å². The molecule has 0 N–H and O–H groups in total. The lowest BCUT2D eigenvalue weighted by Crippen LogP contribution is -2.47. The van der Waals surface area contributed by atoms with Crippen LogP contribution in [0.3, 0.4) is 0 Å². The van der Waals surface area contributed by atoms with Crippen LogP contribution in [0.4, 0.5) is 26.3 Å². The number of benzene rings is 1. The first-order chi connectivity index (χ1) is 13.0. The molecule has 1 aromatic rings. The van der Waals surface area contributed by atoms with Gasteiger partial charge in [-0.1, -0.05) is 26.0 Å². The number of halogens is 6. The standard InChI is InChI=1S/C20H26F6NO/c1-14(2)7-10-27(11-9-19(21,22)23)18-13-28-12-8-17(18)15-3-5-16(6-4-15)20(24,25)26/h3-6,12,14,17-18H,7-11,13H2,1-2H3. The first kappa shape index (κ1) is 23.0. The molecule has 1 aromatic carbocycles. The zero-order valence-electron chi connectivity index (χ0n) is 16.0. The maximum Gasteiger partial charge on any atom is 0.416 e. The second-order valence-electron chi connectivity index (χ2n) is 7.61. The van der Waals surface area contributed by atoms with E-state index < -0.39 is 24.3 Å². The monoisotopic (exact) mass is 410 g/mol. The van der Waals surface area contributed by atoms with Gasteiger partial charge >= 0.3 is 12.4 Å². The molecule has 1 radical (unpaired) electrons. The van der Waals surface area contributed by atoms with Gasteiger partial charge in [0.2, 0.25) is 0 Å². The maximum absolute atomic E-state index is 12.8. The van der Waals surface area contributed by atoms with E-state index in [0.29, 0.717) is 24.4 Å². The van der Waals surface area contributed by atoms with Crippen molar-refractivity contribution in [2.75, 3.05) is 19.7 Å². The van der Waals surface area contributed by atoms with Gasteiger partial charge < -0.3 is 4.74 Å². The molecule has 1 saturated heterocycles. The lowest BCUT2D eigenvalue weighted by atomic mass is 9.86. The van der Waals surface area contributed by atoms with Gasteiger partial charge in [-0.25, -0.2) is 0 Å². The van der Waals surface area contributed by atoms with Gasteiger partial charge in [0.15, 0.2) is 0 Å². The molecular weight excluding hydrogens is 384 g/mol. The van der Waals surface area contributed by atoms with Gasteiger partial charge in [0.1, 0.15) is 0 Å². The Bertz CT molecular complexity index is 596. The quantitative estimate of drug-likeness (QED) is 0.508. The van der Waals surface area contributed by atoms with Crippen LogP contribution in [0.5, 0.6) is 0 Å². The van der Waals surface area contributed by atoms with Gasteiger partial charge in [-0.15, -0.1) is 0 Å². The Hall–Kier alpha value is -1.28. The van der Waals surface area contributed by atoms with E-state index in [1.165, 1.54) is 12.1 Å². The average molecular weight is 410 g/mol. The minimum atomic E-state index is -4.42. The predicted octanol–water partition coefficient (Wildman–Crippen LogP) is 6.04. The summed E-state index contributed by atoms with van der Waals surface area (Å²) in [4.78, 5) is 1.78. The van der Waals surface area contributed by atoms with Gasteiger partial charge in [0.25, 0.3) is 0 Å². The highest BCUT2D eigenvalue weighted by molar-refractivity contribution is 5.29. The van der Waals surface area contributed by atoms with Crippen LogP contribution in [0, 0.1) is 12.5 Å². The summed E-state index contributed by atoms with van der Waals surface area (Å²) in [5.74, 6) is 0.116. The van der Waals surface area contributed by atoms with E-state index in [1.54, 1.807) is 11.5 Å². The molecule has 2 rings (SSSR count). The molecule has 28 heavy (non-hydrogen) atoms. The van der Waals surface area contributed by atoms with E-state index in [-0.39, 0.29) is 25.1 Å². The first-order valence-electron chi connectivity index (χ1n) is 9.38. The van der Waals surface area contributed by atoms with Crippen molar-refractivity contribution in [3.05, 3.63) is 42.0 Å². The second-order valence-corrected chi connectivity index (χ2v) is 7.61. The Balaban J connectivity index is 2.20. The summed E-state index contributed by atoms with van der Waals surface area (Å²) in [6.07, 6.45) is -8.43. The van der Waals surface area contributed by atoms with Crippen LogP contribution < -0.4 is 0 Å². The summed E-state index contributed by atoms with van der Waals surface area (Å²) >= 11 is 0. The largest absolute Gasteiger partial charge is 0.416 e. The van der Waals surface area contributed by atoms with Crippen LogP contribution in [0.2, 0.25) is 0 Å². The lowest BCUT2D eigenvalue weighted by molar-refractivity contribution is -0.140. The molecule has 0 aromatic heterocycles. The van der Waals surface area contributed by atoms with Crippen molar-refractivity contribution in [3.8, 4) is 0 Å². The Kier molecular flexibility index (Phi) is 7.79. The third-order valence-electron chi connectivity index (χ3n) is 5.01. The highest BCUT2D eigenvalue weighted by Crippen LogP contribution is 2.36. The van der Waals surface area contributed by atoms with Gasteiger partial charge in [0.05, 0.1) is 25.2 Å². The molecular formula is C20H26F6NO. The van der Waals surface area contributed by atoms with Crippen molar-refractivity contribution < 1.29 is 31.1 Å². The second kappa shape index (κ2) is 9.48. The first-order valence-corrected chi connectivity index (χ1v) is 9.38. The number of alkyl halides is 6. The maximum atomic E-state index is 12.8. The fourth-order valence-corrected chi connectivity index (χ4v) is 3.39. The molecule has 159 valence electrons. The van der Waals surface area contributed by atoms with E-state index in [0.717, 1.165) is 18.6 Å². The molecule has 0 bridgehead atoms. The van der Waals surface area contributed by atoms with E-state index >= 15 is 0 Å². The molecule has 2 atom stereocenters. The molecule has 0 aliphatic carbocycles. The minimum Gasteiger partial charge on any atom is -0.374 e. The van der Waals surface area contributed by atoms with Crippen molar-refractivity contribution >= 4 is 0 Å².